The van der Waals surface area contributed by atoms with E-state index in [1.807, 2.05) is 47.4 Å². The average molecular weight is 438 g/mol. The van der Waals surface area contributed by atoms with Crippen LogP contribution in [0.25, 0.3) is 11.3 Å². The van der Waals surface area contributed by atoms with E-state index < -0.39 is 5.97 Å². The molecule has 2 atom stereocenters. The number of aliphatic hydroxyl groups excluding tert-OH is 1. The first-order chi connectivity index (χ1) is 15.1. The van der Waals surface area contributed by atoms with E-state index in [4.69, 9.17) is 21.4 Å². The highest BCUT2D eigenvalue weighted by atomic mass is 32.1. The van der Waals surface area contributed by atoms with Crippen LogP contribution in [0.15, 0.2) is 65.2 Å². The number of nitrogens with zero attached hydrogens (tertiary/aromatic N) is 2. The summed E-state index contributed by atoms with van der Waals surface area (Å²) in [4.78, 5) is 18.7. The Balaban J connectivity index is 1.73. The quantitative estimate of drug-likeness (QED) is 0.429. The van der Waals surface area contributed by atoms with Gasteiger partial charge >= 0.3 is 5.97 Å². The van der Waals surface area contributed by atoms with Crippen molar-refractivity contribution in [2.24, 2.45) is 0 Å². The third kappa shape index (κ3) is 4.17. The van der Waals surface area contributed by atoms with Crippen LogP contribution in [-0.4, -0.2) is 46.3 Å². The van der Waals surface area contributed by atoms with Gasteiger partial charge in [0, 0.05) is 24.9 Å². The molecule has 1 saturated heterocycles. The maximum Gasteiger partial charge on any atom is 0.338 e. The number of thiocarbonyl (C=S) groups is 1. The highest BCUT2D eigenvalue weighted by molar-refractivity contribution is 7.80. The summed E-state index contributed by atoms with van der Waals surface area (Å²) in [7, 11) is 1.36. The first kappa shape index (κ1) is 21.0. The van der Waals surface area contributed by atoms with E-state index >= 15 is 0 Å². The molecule has 1 aliphatic heterocycles. The Hall–Kier alpha value is -3.23. The summed E-state index contributed by atoms with van der Waals surface area (Å²) >= 11 is 5.58. The first-order valence-corrected chi connectivity index (χ1v) is 10.4. The van der Waals surface area contributed by atoms with Gasteiger partial charge in [-0.15, -0.1) is 0 Å². The van der Waals surface area contributed by atoms with Gasteiger partial charge in [-0.05, 0) is 49.0 Å². The van der Waals surface area contributed by atoms with Crippen LogP contribution >= 0.6 is 12.2 Å². The molecule has 1 aromatic carbocycles. The van der Waals surface area contributed by atoms with Gasteiger partial charge in [-0.1, -0.05) is 24.3 Å². The van der Waals surface area contributed by atoms with Crippen LogP contribution < -0.4 is 5.32 Å². The van der Waals surface area contributed by atoms with E-state index in [0.717, 1.165) is 5.69 Å². The minimum Gasteiger partial charge on any atom is -0.465 e. The van der Waals surface area contributed by atoms with Gasteiger partial charge in [-0.25, -0.2) is 4.79 Å². The molecule has 2 aromatic heterocycles. The van der Waals surface area contributed by atoms with Gasteiger partial charge in [0.05, 0.1) is 24.4 Å². The summed E-state index contributed by atoms with van der Waals surface area (Å²) in [5.74, 6) is 0.833. The monoisotopic (exact) mass is 437 g/mol. The predicted octanol–water partition coefficient (Wildman–Crippen LogP) is 3.48. The molecular formula is C23H23N3O4S. The second kappa shape index (κ2) is 9.28. The molecule has 0 saturated carbocycles. The van der Waals surface area contributed by atoms with E-state index in [-0.39, 0.29) is 18.7 Å². The summed E-state index contributed by atoms with van der Waals surface area (Å²) in [6.07, 6.45) is 2.32. The Morgan fingerprint density at radius 2 is 2.03 bits per heavy atom. The van der Waals surface area contributed by atoms with Crippen LogP contribution in [0.3, 0.4) is 0 Å². The van der Waals surface area contributed by atoms with E-state index in [2.05, 4.69) is 10.3 Å². The fraction of sp³-hybridized carbons (Fsp3) is 0.261. The van der Waals surface area contributed by atoms with Crippen molar-refractivity contribution in [1.82, 2.24) is 15.2 Å². The minimum atomic E-state index is -0.423. The van der Waals surface area contributed by atoms with E-state index in [1.165, 1.54) is 7.11 Å². The first-order valence-electron chi connectivity index (χ1n) is 10.0. The molecule has 2 N–H and O–H groups in total. The smallest absolute Gasteiger partial charge is 0.338 e. The lowest BCUT2D eigenvalue weighted by molar-refractivity contribution is 0.0601. The number of esters is 1. The molecule has 0 spiro atoms. The van der Waals surface area contributed by atoms with Crippen molar-refractivity contribution >= 4 is 23.3 Å². The number of pyridine rings is 1. The van der Waals surface area contributed by atoms with Crippen molar-refractivity contribution in [3.8, 4) is 11.3 Å². The Labute approximate surface area is 185 Å². The van der Waals surface area contributed by atoms with Gasteiger partial charge in [-0.2, -0.15) is 0 Å². The zero-order valence-electron chi connectivity index (χ0n) is 17.0. The molecule has 160 valence electrons. The zero-order chi connectivity index (χ0) is 21.8. The molecule has 1 aliphatic rings. The number of benzene rings is 1. The highest BCUT2D eigenvalue weighted by Gasteiger charge is 2.41. The maximum atomic E-state index is 12.2. The second-order valence-corrected chi connectivity index (χ2v) is 7.52. The Morgan fingerprint density at radius 3 is 2.77 bits per heavy atom. The predicted molar refractivity (Wildman–Crippen MR) is 119 cm³/mol. The second-order valence-electron chi connectivity index (χ2n) is 7.14. The number of rotatable bonds is 7. The third-order valence-corrected chi connectivity index (χ3v) is 5.62. The molecule has 0 amide bonds. The molecular weight excluding hydrogens is 414 g/mol. The molecule has 7 nitrogen and oxygen atoms in total. The zero-order valence-corrected chi connectivity index (χ0v) is 17.8. The topological polar surface area (TPSA) is 87.8 Å². The summed E-state index contributed by atoms with van der Waals surface area (Å²) in [6.45, 7) is 0.640. The normalized spacial score (nSPS) is 18.1. The molecule has 3 aromatic rings. The highest BCUT2D eigenvalue weighted by Crippen LogP contribution is 2.40. The Kier molecular flexibility index (Phi) is 6.29. The van der Waals surface area contributed by atoms with E-state index in [9.17, 15) is 9.90 Å². The Morgan fingerprint density at radius 1 is 1.23 bits per heavy atom. The van der Waals surface area contributed by atoms with Gasteiger partial charge in [-0.3, -0.25) is 4.98 Å². The maximum absolute atomic E-state index is 12.2. The van der Waals surface area contributed by atoms with Crippen LogP contribution in [0, 0.1) is 0 Å². The number of ether oxygens (including phenoxy) is 1. The van der Waals surface area contributed by atoms with Crippen LogP contribution in [0.1, 0.15) is 40.3 Å². The molecule has 0 aliphatic carbocycles. The lowest BCUT2D eigenvalue weighted by Gasteiger charge is -2.25. The van der Waals surface area contributed by atoms with Gasteiger partial charge in [0.25, 0.3) is 0 Å². The minimum absolute atomic E-state index is 0.0655. The standard InChI is InChI=1S/C23H23N3O4S/c1-29-22(28)16-8-3-2-7-15(16)18-10-11-19(30-18)21-20(17-9-4-5-12-24-17)25-23(31)26(21)13-6-14-27/h2-5,7-12,20-21,27H,6,13-14H2,1H3,(H,25,31). The van der Waals surface area contributed by atoms with Crippen molar-refractivity contribution in [1.29, 1.82) is 0 Å². The number of furan rings is 1. The van der Waals surface area contributed by atoms with Crippen LogP contribution in [0.2, 0.25) is 0 Å². The van der Waals surface area contributed by atoms with Crippen molar-refractivity contribution in [3.63, 3.8) is 0 Å². The molecule has 1 fully saturated rings. The number of methoxy groups -OCH3 is 1. The third-order valence-electron chi connectivity index (χ3n) is 5.27. The summed E-state index contributed by atoms with van der Waals surface area (Å²) in [5.41, 5.74) is 1.93. The van der Waals surface area contributed by atoms with Gasteiger partial charge in [0.15, 0.2) is 5.11 Å². The lowest BCUT2D eigenvalue weighted by Crippen LogP contribution is -2.30. The van der Waals surface area contributed by atoms with Gasteiger partial charge in [0.2, 0.25) is 0 Å². The Bertz CT molecular complexity index is 1070. The van der Waals surface area contributed by atoms with Crippen molar-refractivity contribution in [3.05, 3.63) is 77.8 Å². The van der Waals surface area contributed by atoms with E-state index in [0.29, 0.717) is 40.7 Å². The molecule has 8 heteroatoms. The number of carbonyl (C=O) groups excluding carboxylic acids is 1. The molecule has 0 radical (unpaired) electrons. The number of nitrogens with one attached hydrogen (secondary N) is 1. The fourth-order valence-corrected chi connectivity index (χ4v) is 4.17. The number of aliphatic hydroxyl groups is 1. The number of hydrogen-bond donors (Lipinski definition) is 2. The number of hydrogen-bond acceptors (Lipinski definition) is 6. The molecule has 4 rings (SSSR count). The molecule has 3 heterocycles. The van der Waals surface area contributed by atoms with Gasteiger partial charge < -0.3 is 24.5 Å². The number of carbonyl (C=O) groups is 1. The fourth-order valence-electron chi connectivity index (χ4n) is 3.84. The molecule has 2 unspecified atom stereocenters. The summed E-state index contributed by atoms with van der Waals surface area (Å²) < 4.78 is 11.2. The lowest BCUT2D eigenvalue weighted by atomic mass is 10.0. The van der Waals surface area contributed by atoms with Crippen molar-refractivity contribution < 1.29 is 19.1 Å². The van der Waals surface area contributed by atoms with Crippen molar-refractivity contribution in [2.45, 2.75) is 18.5 Å². The van der Waals surface area contributed by atoms with Crippen molar-refractivity contribution in [2.75, 3.05) is 20.3 Å². The summed E-state index contributed by atoms with van der Waals surface area (Å²) in [6, 6.07) is 16.2. The molecule has 31 heavy (non-hydrogen) atoms. The average Bonchev–Trinajstić information content (AvgIpc) is 3.42. The van der Waals surface area contributed by atoms with Crippen LogP contribution in [0.5, 0.6) is 0 Å². The largest absolute Gasteiger partial charge is 0.465 e. The van der Waals surface area contributed by atoms with Gasteiger partial charge in [0.1, 0.15) is 17.6 Å². The van der Waals surface area contributed by atoms with Crippen LogP contribution in [-0.2, 0) is 4.74 Å². The SMILES string of the molecule is COC(=O)c1ccccc1-c1ccc(C2C(c3ccccn3)NC(=S)N2CCCO)o1. The number of aromatic nitrogens is 1. The molecule has 0 bridgehead atoms. The van der Waals surface area contributed by atoms with Crippen LogP contribution in [0.4, 0.5) is 0 Å². The van der Waals surface area contributed by atoms with E-state index in [1.54, 1.807) is 18.3 Å². The summed E-state index contributed by atoms with van der Waals surface area (Å²) in [5, 5.41) is 13.3.